The van der Waals surface area contributed by atoms with E-state index < -0.39 is 6.03 Å². The Bertz CT molecular complexity index is 619. The van der Waals surface area contributed by atoms with Gasteiger partial charge in [-0.3, -0.25) is 9.59 Å². The van der Waals surface area contributed by atoms with Gasteiger partial charge in [-0.25, -0.2) is 4.79 Å². The third-order valence-electron chi connectivity index (χ3n) is 4.22. The first-order chi connectivity index (χ1) is 11.6. The number of hydrogen-bond donors (Lipinski definition) is 3. The molecule has 0 atom stereocenters. The molecule has 24 heavy (non-hydrogen) atoms. The van der Waals surface area contributed by atoms with Gasteiger partial charge in [-0.05, 0) is 49.9 Å². The first-order valence-corrected chi connectivity index (χ1v) is 8.35. The molecular formula is C17H22N4O3. The number of amides is 4. The van der Waals surface area contributed by atoms with E-state index >= 15 is 0 Å². The van der Waals surface area contributed by atoms with Crippen molar-refractivity contribution in [1.29, 1.82) is 0 Å². The van der Waals surface area contributed by atoms with E-state index in [-0.39, 0.29) is 24.3 Å². The summed E-state index contributed by atoms with van der Waals surface area (Å²) in [6.07, 6.45) is 3.98. The average Bonchev–Trinajstić information content (AvgIpc) is 3.29. The minimum atomic E-state index is -0.419. The number of carbonyl (C=O) groups excluding carboxylic acids is 3. The lowest BCUT2D eigenvalue weighted by Gasteiger charge is -2.15. The monoisotopic (exact) mass is 330 g/mol. The number of hydrogen-bond acceptors (Lipinski definition) is 3. The van der Waals surface area contributed by atoms with E-state index in [4.69, 9.17) is 0 Å². The highest BCUT2D eigenvalue weighted by Crippen LogP contribution is 2.30. The molecule has 7 heteroatoms. The third-order valence-corrected chi connectivity index (χ3v) is 4.22. The van der Waals surface area contributed by atoms with E-state index in [0.29, 0.717) is 11.4 Å². The van der Waals surface area contributed by atoms with Crippen molar-refractivity contribution in [3.63, 3.8) is 0 Å². The van der Waals surface area contributed by atoms with E-state index in [9.17, 15) is 14.4 Å². The molecule has 0 spiro atoms. The van der Waals surface area contributed by atoms with Crippen LogP contribution in [0.25, 0.3) is 0 Å². The lowest BCUT2D eigenvalue weighted by Crippen LogP contribution is -2.40. The van der Waals surface area contributed by atoms with Gasteiger partial charge in [0.15, 0.2) is 0 Å². The summed E-state index contributed by atoms with van der Waals surface area (Å²) < 4.78 is 0. The van der Waals surface area contributed by atoms with Crippen LogP contribution < -0.4 is 16.0 Å². The molecule has 0 unspecified atom stereocenters. The molecule has 7 nitrogen and oxygen atoms in total. The van der Waals surface area contributed by atoms with Crippen molar-refractivity contribution >= 4 is 29.2 Å². The lowest BCUT2D eigenvalue weighted by molar-refractivity contribution is -0.129. The largest absolute Gasteiger partial charge is 0.341 e. The summed E-state index contributed by atoms with van der Waals surface area (Å²) in [5.41, 5.74) is 1.31. The van der Waals surface area contributed by atoms with Crippen molar-refractivity contribution in [1.82, 2.24) is 10.2 Å². The summed E-state index contributed by atoms with van der Waals surface area (Å²) in [7, 11) is 0. The highest BCUT2D eigenvalue weighted by molar-refractivity contribution is 5.95. The number of rotatable bonds is 5. The molecule has 1 aliphatic carbocycles. The van der Waals surface area contributed by atoms with Gasteiger partial charge in [-0.2, -0.15) is 0 Å². The Morgan fingerprint density at radius 2 is 1.54 bits per heavy atom. The van der Waals surface area contributed by atoms with Crippen LogP contribution in [0.4, 0.5) is 16.2 Å². The third kappa shape index (κ3) is 4.47. The Labute approximate surface area is 140 Å². The Balaban J connectivity index is 1.42. The molecule has 1 aliphatic heterocycles. The fourth-order valence-corrected chi connectivity index (χ4v) is 2.64. The van der Waals surface area contributed by atoms with Crippen molar-refractivity contribution < 1.29 is 14.4 Å². The molecule has 4 amide bonds. The number of benzene rings is 1. The zero-order valence-electron chi connectivity index (χ0n) is 13.5. The standard InChI is InChI=1S/C17H22N4O3/c22-15(21-9-1-2-10-21)11-18-17(24)20-14-7-5-13(6-8-14)19-16(23)12-3-4-12/h5-8,12H,1-4,9-11H2,(H,19,23)(H2,18,20,24). The average molecular weight is 330 g/mol. The van der Waals surface area contributed by atoms with Gasteiger partial charge in [-0.15, -0.1) is 0 Å². The molecule has 1 heterocycles. The number of anilines is 2. The Kier molecular flexibility index (Phi) is 4.98. The highest BCUT2D eigenvalue weighted by Gasteiger charge is 2.29. The molecule has 128 valence electrons. The normalized spacial score (nSPS) is 16.6. The molecule has 1 aromatic carbocycles. The Morgan fingerprint density at radius 3 is 2.12 bits per heavy atom. The van der Waals surface area contributed by atoms with Crippen LogP contribution in [0.5, 0.6) is 0 Å². The first kappa shape index (κ1) is 16.3. The summed E-state index contributed by atoms with van der Waals surface area (Å²) in [6, 6.07) is 6.49. The van der Waals surface area contributed by atoms with Gasteiger partial charge in [0, 0.05) is 30.4 Å². The van der Waals surface area contributed by atoms with Gasteiger partial charge < -0.3 is 20.9 Å². The molecule has 0 bridgehead atoms. The molecule has 2 aliphatic rings. The molecule has 3 N–H and O–H groups in total. The first-order valence-electron chi connectivity index (χ1n) is 8.35. The SMILES string of the molecule is O=C(NCC(=O)N1CCCC1)Nc1ccc(NC(=O)C2CC2)cc1. The predicted octanol–water partition coefficient (Wildman–Crippen LogP) is 1.78. The second-order valence-electron chi connectivity index (χ2n) is 6.24. The van der Waals surface area contributed by atoms with Gasteiger partial charge in [-0.1, -0.05) is 0 Å². The predicted molar refractivity (Wildman–Crippen MR) is 90.6 cm³/mol. The van der Waals surface area contributed by atoms with Crippen molar-refractivity contribution in [2.24, 2.45) is 5.92 Å². The van der Waals surface area contributed by atoms with Gasteiger partial charge in [0.25, 0.3) is 0 Å². The maximum Gasteiger partial charge on any atom is 0.319 e. The van der Waals surface area contributed by atoms with Crippen molar-refractivity contribution in [3.05, 3.63) is 24.3 Å². The quantitative estimate of drug-likeness (QED) is 0.768. The van der Waals surface area contributed by atoms with E-state index in [1.54, 1.807) is 29.2 Å². The van der Waals surface area contributed by atoms with Crippen LogP contribution in [-0.4, -0.2) is 42.4 Å². The van der Waals surface area contributed by atoms with Crippen LogP contribution in [-0.2, 0) is 9.59 Å². The summed E-state index contributed by atoms with van der Waals surface area (Å²) >= 11 is 0. The molecule has 2 fully saturated rings. The molecule has 3 rings (SSSR count). The molecule has 0 radical (unpaired) electrons. The summed E-state index contributed by atoms with van der Waals surface area (Å²) in [5, 5.41) is 8.08. The second kappa shape index (κ2) is 7.33. The van der Waals surface area contributed by atoms with Gasteiger partial charge in [0.2, 0.25) is 11.8 Å². The van der Waals surface area contributed by atoms with E-state index in [1.807, 2.05) is 0 Å². The fraction of sp³-hybridized carbons (Fsp3) is 0.471. The number of carbonyl (C=O) groups is 3. The Hall–Kier alpha value is -2.57. The topological polar surface area (TPSA) is 90.5 Å². The molecular weight excluding hydrogens is 308 g/mol. The number of likely N-dealkylation sites (tertiary alicyclic amines) is 1. The number of nitrogens with one attached hydrogen (secondary N) is 3. The van der Waals surface area contributed by atoms with E-state index in [0.717, 1.165) is 38.8 Å². The van der Waals surface area contributed by atoms with E-state index in [1.165, 1.54) is 0 Å². The van der Waals surface area contributed by atoms with Crippen LogP contribution in [0.1, 0.15) is 25.7 Å². The molecule has 0 aromatic heterocycles. The van der Waals surface area contributed by atoms with Gasteiger partial charge in [0.1, 0.15) is 0 Å². The molecule has 1 saturated heterocycles. The maximum absolute atomic E-state index is 11.9. The van der Waals surface area contributed by atoms with Crippen molar-refractivity contribution in [2.75, 3.05) is 30.3 Å². The van der Waals surface area contributed by atoms with Crippen LogP contribution in [0, 0.1) is 5.92 Å². The summed E-state index contributed by atoms with van der Waals surface area (Å²) in [5.74, 6) is 0.149. The summed E-state index contributed by atoms with van der Waals surface area (Å²) in [4.78, 5) is 37.1. The minimum Gasteiger partial charge on any atom is -0.341 e. The van der Waals surface area contributed by atoms with Crippen LogP contribution in [0.3, 0.4) is 0 Å². The lowest BCUT2D eigenvalue weighted by atomic mass is 10.2. The van der Waals surface area contributed by atoms with Gasteiger partial charge >= 0.3 is 6.03 Å². The van der Waals surface area contributed by atoms with Crippen LogP contribution in [0.2, 0.25) is 0 Å². The molecule has 1 aromatic rings. The summed E-state index contributed by atoms with van der Waals surface area (Å²) in [6.45, 7) is 1.55. The van der Waals surface area contributed by atoms with E-state index in [2.05, 4.69) is 16.0 Å². The minimum absolute atomic E-state index is 0.00135. The second-order valence-corrected chi connectivity index (χ2v) is 6.24. The smallest absolute Gasteiger partial charge is 0.319 e. The highest BCUT2D eigenvalue weighted by atomic mass is 16.2. The Morgan fingerprint density at radius 1 is 0.958 bits per heavy atom. The van der Waals surface area contributed by atoms with Gasteiger partial charge in [0.05, 0.1) is 6.54 Å². The maximum atomic E-state index is 11.9. The zero-order chi connectivity index (χ0) is 16.9. The zero-order valence-corrected chi connectivity index (χ0v) is 13.5. The van der Waals surface area contributed by atoms with Crippen LogP contribution in [0.15, 0.2) is 24.3 Å². The molecule has 1 saturated carbocycles. The fourth-order valence-electron chi connectivity index (χ4n) is 2.64. The van der Waals surface area contributed by atoms with Crippen molar-refractivity contribution in [3.8, 4) is 0 Å². The number of nitrogens with zero attached hydrogens (tertiary/aromatic N) is 1. The van der Waals surface area contributed by atoms with Crippen molar-refractivity contribution in [2.45, 2.75) is 25.7 Å². The van der Waals surface area contributed by atoms with Crippen LogP contribution >= 0.6 is 0 Å². The number of urea groups is 1.